The lowest BCUT2D eigenvalue weighted by atomic mass is 10.1. The molecule has 1 heterocycles. The summed E-state index contributed by atoms with van der Waals surface area (Å²) in [6.07, 6.45) is 6.41. The van der Waals surface area contributed by atoms with E-state index in [1.54, 1.807) is 0 Å². The predicted octanol–water partition coefficient (Wildman–Crippen LogP) is 1.39. The SMILES string of the molecule is CC(/C(N)=N/O)N1CCCCCCC1. The number of nitrogens with zero attached hydrogens (tertiary/aromatic N) is 2. The molecule has 14 heavy (non-hydrogen) atoms. The van der Waals surface area contributed by atoms with Crippen molar-refractivity contribution < 1.29 is 5.21 Å². The Morgan fingerprint density at radius 1 is 1.21 bits per heavy atom. The monoisotopic (exact) mass is 199 g/mol. The summed E-state index contributed by atoms with van der Waals surface area (Å²) >= 11 is 0. The van der Waals surface area contributed by atoms with Crippen LogP contribution in [0.1, 0.15) is 39.0 Å². The van der Waals surface area contributed by atoms with Gasteiger partial charge >= 0.3 is 0 Å². The van der Waals surface area contributed by atoms with Gasteiger partial charge in [-0.05, 0) is 32.9 Å². The lowest BCUT2D eigenvalue weighted by Crippen LogP contribution is -2.44. The Labute approximate surface area is 85.8 Å². The molecule has 1 atom stereocenters. The first-order valence-corrected chi connectivity index (χ1v) is 5.47. The summed E-state index contributed by atoms with van der Waals surface area (Å²) in [5.74, 6) is 0.325. The van der Waals surface area contributed by atoms with Gasteiger partial charge in [0.15, 0.2) is 5.84 Å². The zero-order valence-electron chi connectivity index (χ0n) is 8.95. The second-order valence-corrected chi connectivity index (χ2v) is 4.00. The van der Waals surface area contributed by atoms with E-state index in [4.69, 9.17) is 10.9 Å². The molecule has 1 saturated heterocycles. The molecule has 1 rings (SSSR count). The Morgan fingerprint density at radius 2 is 1.71 bits per heavy atom. The van der Waals surface area contributed by atoms with Crippen LogP contribution >= 0.6 is 0 Å². The standard InChI is InChI=1S/C10H21N3O/c1-9(10(11)12-14)13-7-5-3-2-4-6-8-13/h9,14H,2-8H2,1H3,(H2,11,12). The Balaban J connectivity index is 2.46. The number of hydrogen-bond acceptors (Lipinski definition) is 3. The molecule has 1 aliphatic rings. The van der Waals surface area contributed by atoms with E-state index < -0.39 is 0 Å². The summed E-state index contributed by atoms with van der Waals surface area (Å²) in [6.45, 7) is 4.13. The number of amidine groups is 1. The molecule has 4 heteroatoms. The van der Waals surface area contributed by atoms with Crippen molar-refractivity contribution in [2.75, 3.05) is 13.1 Å². The number of hydrogen-bond donors (Lipinski definition) is 2. The van der Waals surface area contributed by atoms with Gasteiger partial charge in [-0.2, -0.15) is 0 Å². The van der Waals surface area contributed by atoms with Gasteiger partial charge < -0.3 is 10.9 Å². The number of nitrogens with two attached hydrogens (primary N) is 1. The molecular formula is C10H21N3O. The van der Waals surface area contributed by atoms with Crippen molar-refractivity contribution in [1.82, 2.24) is 4.90 Å². The van der Waals surface area contributed by atoms with Gasteiger partial charge in [0.25, 0.3) is 0 Å². The summed E-state index contributed by atoms with van der Waals surface area (Å²) in [7, 11) is 0. The van der Waals surface area contributed by atoms with E-state index in [9.17, 15) is 0 Å². The Bertz CT molecular complexity index is 186. The molecule has 4 nitrogen and oxygen atoms in total. The van der Waals surface area contributed by atoms with Gasteiger partial charge in [-0.3, -0.25) is 4.90 Å². The van der Waals surface area contributed by atoms with Crippen molar-refractivity contribution in [3.05, 3.63) is 0 Å². The van der Waals surface area contributed by atoms with Crippen LogP contribution < -0.4 is 5.73 Å². The molecule has 1 fully saturated rings. The van der Waals surface area contributed by atoms with Crippen molar-refractivity contribution in [3.8, 4) is 0 Å². The Hall–Kier alpha value is -0.770. The Morgan fingerprint density at radius 3 is 2.21 bits per heavy atom. The molecule has 0 radical (unpaired) electrons. The highest BCUT2D eigenvalue weighted by Crippen LogP contribution is 2.12. The molecule has 0 amide bonds. The maximum atomic E-state index is 8.60. The number of oxime groups is 1. The van der Waals surface area contributed by atoms with E-state index in [2.05, 4.69) is 10.1 Å². The maximum Gasteiger partial charge on any atom is 0.156 e. The molecule has 3 N–H and O–H groups in total. The minimum absolute atomic E-state index is 0.0677. The molecule has 0 aromatic rings. The van der Waals surface area contributed by atoms with Gasteiger partial charge in [0.05, 0.1) is 6.04 Å². The first-order chi connectivity index (χ1) is 6.75. The van der Waals surface area contributed by atoms with Crippen LogP contribution in [-0.2, 0) is 0 Å². The molecule has 0 bridgehead atoms. The summed E-state index contributed by atoms with van der Waals surface area (Å²) in [4.78, 5) is 2.30. The van der Waals surface area contributed by atoms with Crippen LogP contribution in [0.15, 0.2) is 5.16 Å². The third-order valence-electron chi connectivity index (χ3n) is 2.98. The quantitative estimate of drug-likeness (QED) is 0.306. The van der Waals surface area contributed by atoms with Crippen molar-refractivity contribution in [2.24, 2.45) is 10.9 Å². The molecular weight excluding hydrogens is 178 g/mol. The third-order valence-corrected chi connectivity index (χ3v) is 2.98. The zero-order valence-corrected chi connectivity index (χ0v) is 8.95. The molecule has 0 aromatic heterocycles. The molecule has 1 unspecified atom stereocenters. The van der Waals surface area contributed by atoms with Crippen LogP contribution in [0.25, 0.3) is 0 Å². The Kier molecular flexibility index (Phi) is 4.73. The van der Waals surface area contributed by atoms with E-state index >= 15 is 0 Å². The number of rotatable bonds is 2. The minimum Gasteiger partial charge on any atom is -0.409 e. The summed E-state index contributed by atoms with van der Waals surface area (Å²) < 4.78 is 0. The van der Waals surface area contributed by atoms with E-state index in [-0.39, 0.29) is 6.04 Å². The highest BCUT2D eigenvalue weighted by Gasteiger charge is 2.17. The van der Waals surface area contributed by atoms with Crippen LogP contribution in [0, 0.1) is 0 Å². The summed E-state index contributed by atoms with van der Waals surface area (Å²) in [6, 6.07) is 0.0677. The summed E-state index contributed by atoms with van der Waals surface area (Å²) in [5, 5.41) is 11.7. The normalized spacial score (nSPS) is 23.9. The molecule has 82 valence electrons. The van der Waals surface area contributed by atoms with Crippen LogP contribution in [0.2, 0.25) is 0 Å². The maximum absolute atomic E-state index is 8.60. The van der Waals surface area contributed by atoms with Gasteiger partial charge in [-0.1, -0.05) is 24.4 Å². The van der Waals surface area contributed by atoms with Crippen molar-refractivity contribution in [3.63, 3.8) is 0 Å². The fraction of sp³-hybridized carbons (Fsp3) is 0.900. The van der Waals surface area contributed by atoms with Crippen molar-refractivity contribution in [2.45, 2.75) is 45.1 Å². The second kappa shape index (κ2) is 5.86. The fourth-order valence-corrected chi connectivity index (χ4v) is 1.93. The second-order valence-electron chi connectivity index (χ2n) is 4.00. The lowest BCUT2D eigenvalue weighted by molar-refractivity contribution is 0.222. The van der Waals surface area contributed by atoms with Crippen molar-refractivity contribution >= 4 is 5.84 Å². The average Bonchev–Trinajstić information content (AvgIpc) is 2.15. The average molecular weight is 199 g/mol. The van der Waals surface area contributed by atoms with Crippen LogP contribution in [-0.4, -0.2) is 35.1 Å². The van der Waals surface area contributed by atoms with Crippen molar-refractivity contribution in [1.29, 1.82) is 0 Å². The smallest absolute Gasteiger partial charge is 0.156 e. The largest absolute Gasteiger partial charge is 0.409 e. The van der Waals surface area contributed by atoms with Gasteiger partial charge in [0.2, 0.25) is 0 Å². The van der Waals surface area contributed by atoms with E-state index in [0.29, 0.717) is 5.84 Å². The van der Waals surface area contributed by atoms with Gasteiger partial charge in [0.1, 0.15) is 0 Å². The zero-order chi connectivity index (χ0) is 10.4. The lowest BCUT2D eigenvalue weighted by Gasteiger charge is -2.29. The third kappa shape index (κ3) is 3.18. The number of likely N-dealkylation sites (tertiary alicyclic amines) is 1. The first kappa shape index (κ1) is 11.3. The van der Waals surface area contributed by atoms with Gasteiger partial charge in [-0.25, -0.2) is 0 Å². The topological polar surface area (TPSA) is 61.9 Å². The first-order valence-electron chi connectivity index (χ1n) is 5.47. The highest BCUT2D eigenvalue weighted by atomic mass is 16.4. The molecule has 0 spiro atoms. The van der Waals surface area contributed by atoms with Crippen LogP contribution in [0.5, 0.6) is 0 Å². The molecule has 0 saturated carbocycles. The van der Waals surface area contributed by atoms with E-state index in [0.717, 1.165) is 13.1 Å². The van der Waals surface area contributed by atoms with Gasteiger partial charge in [0, 0.05) is 0 Å². The highest BCUT2D eigenvalue weighted by molar-refractivity contribution is 5.84. The molecule has 0 aromatic carbocycles. The molecule has 1 aliphatic heterocycles. The molecule has 0 aliphatic carbocycles. The predicted molar refractivity (Wildman–Crippen MR) is 57.5 cm³/mol. The van der Waals surface area contributed by atoms with E-state index in [1.165, 1.54) is 32.1 Å². The van der Waals surface area contributed by atoms with Crippen LogP contribution in [0.3, 0.4) is 0 Å². The minimum atomic E-state index is 0.0677. The van der Waals surface area contributed by atoms with Crippen LogP contribution in [0.4, 0.5) is 0 Å². The van der Waals surface area contributed by atoms with E-state index in [1.807, 2.05) is 6.92 Å². The fourth-order valence-electron chi connectivity index (χ4n) is 1.93. The van der Waals surface area contributed by atoms with Gasteiger partial charge in [-0.15, -0.1) is 0 Å². The summed E-state index contributed by atoms with van der Waals surface area (Å²) in [5.41, 5.74) is 5.60.